The monoisotopic (exact) mass is 400 g/mol. The number of aromatic hydroxyl groups is 1. The highest BCUT2D eigenvalue weighted by molar-refractivity contribution is 6.16. The normalized spacial score (nSPS) is 16.6. The Morgan fingerprint density at radius 3 is 2.48 bits per heavy atom. The molecule has 1 aliphatic rings. The van der Waals surface area contributed by atoms with Crippen molar-refractivity contribution in [3.8, 4) is 5.75 Å². The number of benzene rings is 2. The van der Waals surface area contributed by atoms with Gasteiger partial charge in [0.05, 0.1) is 16.5 Å². The summed E-state index contributed by atoms with van der Waals surface area (Å²) in [4.78, 5) is 37.0. The molecular weight excluding hydrogens is 383 g/mol. The number of amides is 1. The number of halogens is 1. The molecule has 2 aromatic rings. The molecule has 3 rings (SSSR count). The van der Waals surface area contributed by atoms with Crippen LogP contribution in [0, 0.1) is 21.8 Å². The van der Waals surface area contributed by atoms with Crippen LogP contribution in [-0.2, 0) is 9.59 Å². The number of aliphatic hydroxyl groups is 1. The number of nitro groups is 1. The summed E-state index contributed by atoms with van der Waals surface area (Å²) in [5.41, 5.74) is -0.694. The van der Waals surface area contributed by atoms with E-state index in [-0.39, 0.29) is 16.8 Å². The Bertz CT molecular complexity index is 1060. The second-order valence-corrected chi connectivity index (χ2v) is 6.84. The van der Waals surface area contributed by atoms with Crippen LogP contribution in [0.5, 0.6) is 5.75 Å². The number of phenolic OH excluding ortho intramolecular Hbond substituents is 1. The van der Waals surface area contributed by atoms with E-state index in [1.54, 1.807) is 13.8 Å². The first-order valence-corrected chi connectivity index (χ1v) is 8.67. The summed E-state index contributed by atoms with van der Waals surface area (Å²) in [6, 6.07) is 7.15. The van der Waals surface area contributed by atoms with Gasteiger partial charge in [0, 0.05) is 17.7 Å². The molecule has 0 fully saturated rings. The summed E-state index contributed by atoms with van der Waals surface area (Å²) in [5, 5.41) is 31.4. The molecular formula is C20H17FN2O6. The number of Topliss-reactive ketones (excluding diaryl/α,β-unsaturated/α-hetero) is 1. The minimum absolute atomic E-state index is 0.0637. The predicted octanol–water partition coefficient (Wildman–Crippen LogP) is 3.56. The number of hydrogen-bond donors (Lipinski definition) is 2. The Balaban J connectivity index is 2.25. The van der Waals surface area contributed by atoms with Gasteiger partial charge in [-0.2, -0.15) is 0 Å². The van der Waals surface area contributed by atoms with Crippen molar-refractivity contribution >= 4 is 23.1 Å². The number of rotatable bonds is 5. The fraction of sp³-hybridized carbons (Fsp3) is 0.200. The highest BCUT2D eigenvalue weighted by Gasteiger charge is 2.45. The van der Waals surface area contributed by atoms with Gasteiger partial charge in [-0.05, 0) is 29.8 Å². The van der Waals surface area contributed by atoms with E-state index >= 15 is 0 Å². The molecule has 0 saturated carbocycles. The number of hydrogen-bond acceptors (Lipinski definition) is 6. The lowest BCUT2D eigenvalue weighted by molar-refractivity contribution is -0.385. The van der Waals surface area contributed by atoms with Crippen LogP contribution in [0.2, 0.25) is 0 Å². The van der Waals surface area contributed by atoms with Gasteiger partial charge in [0.15, 0.2) is 17.3 Å². The fourth-order valence-corrected chi connectivity index (χ4v) is 3.23. The van der Waals surface area contributed by atoms with E-state index in [0.717, 1.165) is 29.2 Å². The smallest absolute Gasteiger partial charge is 0.311 e. The largest absolute Gasteiger partial charge is 0.503 e. The van der Waals surface area contributed by atoms with Crippen LogP contribution < -0.4 is 4.90 Å². The average molecular weight is 400 g/mol. The van der Waals surface area contributed by atoms with Gasteiger partial charge in [0.25, 0.3) is 5.91 Å². The Morgan fingerprint density at radius 2 is 1.90 bits per heavy atom. The van der Waals surface area contributed by atoms with Crippen LogP contribution in [0.3, 0.4) is 0 Å². The van der Waals surface area contributed by atoms with Gasteiger partial charge in [-0.25, -0.2) is 4.39 Å². The number of anilines is 1. The van der Waals surface area contributed by atoms with E-state index in [4.69, 9.17) is 0 Å². The number of carbonyl (C=O) groups excluding carboxylic acids is 2. The van der Waals surface area contributed by atoms with Crippen LogP contribution in [0.1, 0.15) is 25.5 Å². The Morgan fingerprint density at radius 1 is 1.21 bits per heavy atom. The maximum Gasteiger partial charge on any atom is 0.311 e. The number of aliphatic hydroxyl groups excluding tert-OH is 1. The van der Waals surface area contributed by atoms with Crippen molar-refractivity contribution in [3.05, 3.63) is 75.3 Å². The molecule has 1 amide bonds. The first-order valence-electron chi connectivity index (χ1n) is 8.67. The molecule has 0 bridgehead atoms. The van der Waals surface area contributed by atoms with Gasteiger partial charge in [0.2, 0.25) is 0 Å². The summed E-state index contributed by atoms with van der Waals surface area (Å²) in [7, 11) is 0. The van der Waals surface area contributed by atoms with Crippen LogP contribution in [0.4, 0.5) is 15.8 Å². The zero-order chi connectivity index (χ0) is 21.5. The van der Waals surface area contributed by atoms with Crippen molar-refractivity contribution in [2.24, 2.45) is 5.92 Å². The van der Waals surface area contributed by atoms with Crippen molar-refractivity contribution in [1.29, 1.82) is 0 Å². The molecule has 0 spiro atoms. The third kappa shape index (κ3) is 3.42. The summed E-state index contributed by atoms with van der Waals surface area (Å²) in [6.45, 7) is 3.16. The highest BCUT2D eigenvalue weighted by Crippen LogP contribution is 2.43. The van der Waals surface area contributed by atoms with E-state index in [2.05, 4.69) is 0 Å². The number of ketones is 1. The molecule has 9 heteroatoms. The van der Waals surface area contributed by atoms with Crippen molar-refractivity contribution < 1.29 is 29.1 Å². The quantitative estimate of drug-likeness (QED) is 0.585. The van der Waals surface area contributed by atoms with E-state index in [9.17, 15) is 34.3 Å². The molecule has 0 aliphatic carbocycles. The van der Waals surface area contributed by atoms with Gasteiger partial charge in [-0.3, -0.25) is 24.6 Å². The Kier molecular flexibility index (Phi) is 5.06. The first kappa shape index (κ1) is 20.0. The first-order chi connectivity index (χ1) is 13.6. The van der Waals surface area contributed by atoms with Crippen molar-refractivity contribution in [1.82, 2.24) is 0 Å². The maximum atomic E-state index is 13.8. The van der Waals surface area contributed by atoms with Crippen LogP contribution in [0.25, 0.3) is 0 Å². The fourth-order valence-electron chi connectivity index (χ4n) is 3.23. The summed E-state index contributed by atoms with van der Waals surface area (Å²) in [5.74, 6) is -4.08. The zero-order valence-electron chi connectivity index (χ0n) is 15.5. The molecule has 2 aromatic carbocycles. The van der Waals surface area contributed by atoms with E-state index < -0.39 is 51.6 Å². The van der Waals surface area contributed by atoms with Crippen LogP contribution >= 0.6 is 0 Å². The summed E-state index contributed by atoms with van der Waals surface area (Å²) < 4.78 is 13.8. The molecule has 29 heavy (non-hydrogen) atoms. The minimum Gasteiger partial charge on any atom is -0.503 e. The summed E-state index contributed by atoms with van der Waals surface area (Å²) >= 11 is 0. The van der Waals surface area contributed by atoms with Crippen LogP contribution in [-0.4, -0.2) is 26.8 Å². The van der Waals surface area contributed by atoms with Gasteiger partial charge in [-0.15, -0.1) is 0 Å². The topological polar surface area (TPSA) is 121 Å². The number of nitrogens with zero attached hydrogens (tertiary/aromatic N) is 2. The molecule has 8 nitrogen and oxygen atoms in total. The number of carbonyl (C=O) groups is 2. The molecule has 0 saturated heterocycles. The number of nitro benzene ring substituents is 1. The van der Waals surface area contributed by atoms with Crippen molar-refractivity contribution in [2.75, 3.05) is 4.90 Å². The Labute approximate surface area is 164 Å². The molecule has 1 heterocycles. The molecule has 0 aromatic heterocycles. The lowest BCUT2D eigenvalue weighted by atomic mass is 9.91. The van der Waals surface area contributed by atoms with E-state index in [1.165, 1.54) is 18.2 Å². The third-order valence-electron chi connectivity index (χ3n) is 4.60. The lowest BCUT2D eigenvalue weighted by Crippen LogP contribution is -2.31. The van der Waals surface area contributed by atoms with Gasteiger partial charge >= 0.3 is 5.69 Å². The van der Waals surface area contributed by atoms with Gasteiger partial charge in [0.1, 0.15) is 5.82 Å². The second-order valence-electron chi connectivity index (χ2n) is 6.84. The third-order valence-corrected chi connectivity index (χ3v) is 4.60. The second kappa shape index (κ2) is 7.34. The van der Waals surface area contributed by atoms with E-state index in [0.29, 0.717) is 0 Å². The molecule has 0 radical (unpaired) electrons. The molecule has 1 atom stereocenters. The molecule has 150 valence electrons. The minimum atomic E-state index is -1.22. The molecule has 1 aliphatic heterocycles. The predicted molar refractivity (Wildman–Crippen MR) is 101 cm³/mol. The zero-order valence-corrected chi connectivity index (χ0v) is 15.5. The average Bonchev–Trinajstić information content (AvgIpc) is 2.92. The maximum absolute atomic E-state index is 13.8. The lowest BCUT2D eigenvalue weighted by Gasteiger charge is -2.27. The van der Waals surface area contributed by atoms with E-state index in [1.807, 2.05) is 0 Å². The van der Waals surface area contributed by atoms with Gasteiger partial charge < -0.3 is 10.2 Å². The number of phenols is 1. The van der Waals surface area contributed by atoms with Crippen LogP contribution in [0.15, 0.2) is 53.8 Å². The summed E-state index contributed by atoms with van der Waals surface area (Å²) in [6.07, 6.45) is 0. The SMILES string of the molecule is CC(C)C(=O)C1=C(O)C(=O)N(c2cccc(F)c2)C1c1ccc(O)c([N+](=O)[O-])c1. The van der Waals surface area contributed by atoms with Gasteiger partial charge in [-0.1, -0.05) is 26.0 Å². The highest BCUT2D eigenvalue weighted by atomic mass is 19.1. The molecule has 1 unspecified atom stereocenters. The Hall–Kier alpha value is -3.75. The van der Waals surface area contributed by atoms with Crippen molar-refractivity contribution in [3.63, 3.8) is 0 Å². The standard InChI is InChI=1S/C20H17FN2O6/c1-10(2)18(25)16-17(11-6-7-15(24)14(8-11)23(28)29)22(20(27)19(16)26)13-5-3-4-12(21)9-13/h3-10,17,24,26H,1-2H3. The van der Waals surface area contributed by atoms with Crippen molar-refractivity contribution in [2.45, 2.75) is 19.9 Å². The molecule has 2 N–H and O–H groups in total.